The van der Waals surface area contributed by atoms with Gasteiger partial charge in [-0.15, -0.1) is 0 Å². The maximum Gasteiger partial charge on any atom is 0.132 e. The average Bonchev–Trinajstić information content (AvgIpc) is 2.59. The van der Waals surface area contributed by atoms with Crippen LogP contribution in [0.3, 0.4) is 0 Å². The van der Waals surface area contributed by atoms with Gasteiger partial charge in [0.2, 0.25) is 0 Å². The third-order valence-electron chi connectivity index (χ3n) is 3.99. The predicted molar refractivity (Wildman–Crippen MR) is 100.0 cm³/mol. The van der Waals surface area contributed by atoms with Gasteiger partial charge >= 0.3 is 0 Å². The van der Waals surface area contributed by atoms with Crippen molar-refractivity contribution in [2.45, 2.75) is 6.54 Å². The molecule has 1 aliphatic rings. The third kappa shape index (κ3) is 4.79. The first-order valence-corrected chi connectivity index (χ1v) is 8.98. The van der Waals surface area contributed by atoms with Crippen molar-refractivity contribution in [1.82, 2.24) is 9.91 Å². The lowest BCUT2D eigenvalue weighted by molar-refractivity contribution is 0.131. The Hall–Kier alpha value is -1.43. The Balaban J connectivity index is 1.52. The van der Waals surface area contributed by atoms with E-state index in [9.17, 15) is 4.39 Å². The Morgan fingerprint density at radius 1 is 1.08 bits per heavy atom. The quantitative estimate of drug-likeness (QED) is 0.696. The highest BCUT2D eigenvalue weighted by molar-refractivity contribution is 9.10. The fourth-order valence-corrected chi connectivity index (χ4v) is 3.12. The molecule has 0 aliphatic carbocycles. The molecule has 1 aliphatic heterocycles. The van der Waals surface area contributed by atoms with Crippen molar-refractivity contribution in [2.75, 3.05) is 26.2 Å². The van der Waals surface area contributed by atoms with Gasteiger partial charge in [0.15, 0.2) is 0 Å². The Labute approximate surface area is 154 Å². The molecule has 2 aromatic rings. The van der Waals surface area contributed by atoms with Gasteiger partial charge in [-0.2, -0.15) is 5.10 Å². The highest BCUT2D eigenvalue weighted by atomic mass is 79.9. The molecule has 0 radical (unpaired) electrons. The molecule has 0 atom stereocenters. The summed E-state index contributed by atoms with van der Waals surface area (Å²) in [5.74, 6) is -0.261. The second kappa shape index (κ2) is 8.10. The van der Waals surface area contributed by atoms with Crippen LogP contribution in [0, 0.1) is 5.82 Å². The van der Waals surface area contributed by atoms with Gasteiger partial charge in [0.1, 0.15) is 5.82 Å². The number of piperazine rings is 1. The number of benzene rings is 2. The van der Waals surface area contributed by atoms with Crippen molar-refractivity contribution < 1.29 is 4.39 Å². The van der Waals surface area contributed by atoms with E-state index in [1.54, 1.807) is 18.3 Å². The second-order valence-corrected chi connectivity index (χ2v) is 7.12. The minimum Gasteiger partial charge on any atom is -0.295 e. The van der Waals surface area contributed by atoms with Crippen LogP contribution in [0.4, 0.5) is 4.39 Å². The molecule has 0 saturated carbocycles. The molecule has 24 heavy (non-hydrogen) atoms. The summed E-state index contributed by atoms with van der Waals surface area (Å²) in [6.45, 7) is 4.44. The summed E-state index contributed by atoms with van der Waals surface area (Å²) in [6, 6.07) is 12.8. The Morgan fingerprint density at radius 2 is 1.79 bits per heavy atom. The number of hydrogen-bond acceptors (Lipinski definition) is 3. The van der Waals surface area contributed by atoms with Crippen molar-refractivity contribution in [1.29, 1.82) is 0 Å². The van der Waals surface area contributed by atoms with Crippen molar-refractivity contribution >= 4 is 33.7 Å². The van der Waals surface area contributed by atoms with Crippen LogP contribution in [0.15, 0.2) is 52.0 Å². The van der Waals surface area contributed by atoms with Crippen LogP contribution in [0.2, 0.25) is 5.02 Å². The molecule has 0 unspecified atom stereocenters. The normalized spacial score (nSPS) is 16.0. The summed E-state index contributed by atoms with van der Waals surface area (Å²) < 4.78 is 14.6. The number of halogens is 3. The summed E-state index contributed by atoms with van der Waals surface area (Å²) in [5.41, 5.74) is 1.75. The zero-order valence-corrected chi connectivity index (χ0v) is 15.5. The summed E-state index contributed by atoms with van der Waals surface area (Å²) in [5, 5.41) is 7.16. The van der Waals surface area contributed by atoms with E-state index in [1.807, 2.05) is 17.1 Å². The standard InChI is InChI=1S/C18H18BrClFN3/c19-16-3-6-18(21)15(11-16)12-22-24-9-7-23(8-10-24)13-14-1-4-17(20)5-2-14/h1-6,11-12H,7-10,13H2/b22-12+. The van der Waals surface area contributed by atoms with Crippen LogP contribution in [0.1, 0.15) is 11.1 Å². The fourth-order valence-electron chi connectivity index (χ4n) is 2.62. The second-order valence-electron chi connectivity index (χ2n) is 5.77. The SMILES string of the molecule is Fc1ccc(Br)cc1/C=N/N1CCN(Cc2ccc(Cl)cc2)CC1. The lowest BCUT2D eigenvalue weighted by Gasteiger charge is -2.33. The van der Waals surface area contributed by atoms with Gasteiger partial charge < -0.3 is 0 Å². The molecule has 1 saturated heterocycles. The van der Waals surface area contributed by atoms with E-state index in [0.29, 0.717) is 5.56 Å². The van der Waals surface area contributed by atoms with Gasteiger partial charge in [-0.25, -0.2) is 4.39 Å². The lowest BCUT2D eigenvalue weighted by atomic mass is 10.2. The molecule has 1 fully saturated rings. The van der Waals surface area contributed by atoms with E-state index in [4.69, 9.17) is 11.6 Å². The van der Waals surface area contributed by atoms with Crippen molar-refractivity contribution in [2.24, 2.45) is 5.10 Å². The molecule has 3 rings (SSSR count). The third-order valence-corrected chi connectivity index (χ3v) is 4.73. The van der Waals surface area contributed by atoms with Crippen molar-refractivity contribution in [3.63, 3.8) is 0 Å². The molecule has 0 bridgehead atoms. The van der Waals surface area contributed by atoms with Crippen LogP contribution in [0.5, 0.6) is 0 Å². The predicted octanol–water partition coefficient (Wildman–Crippen LogP) is 4.39. The van der Waals surface area contributed by atoms with Crippen LogP contribution in [0.25, 0.3) is 0 Å². The topological polar surface area (TPSA) is 18.8 Å². The van der Waals surface area contributed by atoms with E-state index in [2.05, 4.69) is 38.1 Å². The highest BCUT2D eigenvalue weighted by Gasteiger charge is 2.15. The van der Waals surface area contributed by atoms with Crippen LogP contribution in [-0.4, -0.2) is 42.3 Å². The minimum atomic E-state index is -0.261. The molecule has 0 aromatic heterocycles. The minimum absolute atomic E-state index is 0.261. The van der Waals surface area contributed by atoms with E-state index in [-0.39, 0.29) is 5.82 Å². The monoisotopic (exact) mass is 409 g/mol. The first-order valence-electron chi connectivity index (χ1n) is 7.81. The summed E-state index contributed by atoms with van der Waals surface area (Å²) in [6.07, 6.45) is 1.59. The highest BCUT2D eigenvalue weighted by Crippen LogP contribution is 2.15. The van der Waals surface area contributed by atoms with E-state index < -0.39 is 0 Å². The molecule has 2 aromatic carbocycles. The number of hydrogen-bond donors (Lipinski definition) is 0. The Morgan fingerprint density at radius 3 is 2.50 bits per heavy atom. The zero-order valence-electron chi connectivity index (χ0n) is 13.1. The largest absolute Gasteiger partial charge is 0.295 e. The van der Waals surface area contributed by atoms with Gasteiger partial charge in [-0.3, -0.25) is 9.91 Å². The van der Waals surface area contributed by atoms with Crippen molar-refractivity contribution in [3.8, 4) is 0 Å². The first kappa shape index (κ1) is 17.4. The zero-order chi connectivity index (χ0) is 16.9. The average molecular weight is 411 g/mol. The molecule has 1 heterocycles. The van der Waals surface area contributed by atoms with Gasteiger partial charge in [-0.05, 0) is 35.9 Å². The molecular weight excluding hydrogens is 393 g/mol. The first-order chi connectivity index (χ1) is 11.6. The lowest BCUT2D eigenvalue weighted by Crippen LogP contribution is -2.43. The van der Waals surface area contributed by atoms with Gasteiger partial charge in [-0.1, -0.05) is 39.7 Å². The fraction of sp³-hybridized carbons (Fsp3) is 0.278. The van der Waals surface area contributed by atoms with Gasteiger partial charge in [0, 0.05) is 47.8 Å². The molecule has 6 heteroatoms. The number of hydrazone groups is 1. The summed E-state index contributed by atoms with van der Waals surface area (Å²) in [4.78, 5) is 2.38. The smallest absolute Gasteiger partial charge is 0.132 e. The van der Waals surface area contributed by atoms with E-state index >= 15 is 0 Å². The van der Waals surface area contributed by atoms with Crippen LogP contribution < -0.4 is 0 Å². The summed E-state index contributed by atoms with van der Waals surface area (Å²) in [7, 11) is 0. The summed E-state index contributed by atoms with van der Waals surface area (Å²) >= 11 is 9.26. The molecule has 0 N–H and O–H groups in total. The Bertz CT molecular complexity index is 713. The molecular formula is C18H18BrClFN3. The maximum atomic E-state index is 13.7. The van der Waals surface area contributed by atoms with Crippen molar-refractivity contribution in [3.05, 3.63) is 68.9 Å². The molecule has 0 spiro atoms. The van der Waals surface area contributed by atoms with Gasteiger partial charge in [0.25, 0.3) is 0 Å². The maximum absolute atomic E-state index is 13.7. The molecule has 126 valence electrons. The van der Waals surface area contributed by atoms with Gasteiger partial charge in [0.05, 0.1) is 6.21 Å². The van der Waals surface area contributed by atoms with Crippen LogP contribution in [-0.2, 0) is 6.54 Å². The van der Waals surface area contributed by atoms with Crippen LogP contribution >= 0.6 is 27.5 Å². The molecule has 0 amide bonds. The number of nitrogens with zero attached hydrogens (tertiary/aromatic N) is 3. The number of rotatable bonds is 4. The van der Waals surface area contributed by atoms with E-state index in [1.165, 1.54) is 11.6 Å². The van der Waals surface area contributed by atoms with E-state index in [0.717, 1.165) is 42.2 Å². The Kier molecular flexibility index (Phi) is 5.87. The molecule has 3 nitrogen and oxygen atoms in total.